The second kappa shape index (κ2) is 6.89. The van der Waals surface area contributed by atoms with E-state index in [4.69, 9.17) is 10.2 Å². The van der Waals surface area contributed by atoms with Crippen molar-refractivity contribution in [2.45, 2.75) is 26.3 Å². The summed E-state index contributed by atoms with van der Waals surface area (Å²) in [6.07, 6.45) is 0.525. The number of carbonyl (C=O) groups excluding carboxylic acids is 1. The zero-order chi connectivity index (χ0) is 14.4. The third-order valence-electron chi connectivity index (χ3n) is 2.82. The monoisotopic (exact) mass is 265 g/mol. The molecule has 1 aromatic carbocycles. The van der Waals surface area contributed by atoms with Crippen molar-refractivity contribution in [3.05, 3.63) is 35.4 Å². The molecule has 1 rings (SSSR count). The Morgan fingerprint density at radius 1 is 1.16 bits per heavy atom. The zero-order valence-corrected chi connectivity index (χ0v) is 11.2. The maximum absolute atomic E-state index is 12.3. The number of rotatable bonds is 6. The van der Waals surface area contributed by atoms with Gasteiger partial charge in [-0.05, 0) is 44.5 Å². The van der Waals surface area contributed by atoms with Crippen LogP contribution in [-0.4, -0.2) is 46.2 Å². The van der Waals surface area contributed by atoms with Gasteiger partial charge in [0.05, 0.1) is 5.56 Å². The van der Waals surface area contributed by atoms with Gasteiger partial charge in [0.2, 0.25) is 0 Å². The number of aliphatic hydroxyl groups excluding tert-OH is 1. The van der Waals surface area contributed by atoms with Crippen LogP contribution in [0, 0.1) is 0 Å². The number of hydrogen-bond acceptors (Lipinski definition) is 3. The topological polar surface area (TPSA) is 77.8 Å². The summed E-state index contributed by atoms with van der Waals surface area (Å²) < 4.78 is 0. The number of aliphatic hydroxyl groups is 1. The summed E-state index contributed by atoms with van der Waals surface area (Å²) in [6, 6.07) is 5.89. The van der Waals surface area contributed by atoms with Gasteiger partial charge in [-0.2, -0.15) is 0 Å². The highest BCUT2D eigenvalue weighted by Crippen LogP contribution is 2.11. The van der Waals surface area contributed by atoms with Crippen LogP contribution in [0.1, 0.15) is 41.0 Å². The van der Waals surface area contributed by atoms with E-state index in [9.17, 15) is 9.59 Å². The molecule has 0 aliphatic heterocycles. The van der Waals surface area contributed by atoms with Crippen molar-refractivity contribution in [2.75, 3.05) is 13.2 Å². The predicted octanol–water partition coefficient (Wildman–Crippen LogP) is 1.62. The van der Waals surface area contributed by atoms with Gasteiger partial charge < -0.3 is 15.1 Å². The molecule has 0 spiro atoms. The van der Waals surface area contributed by atoms with Crippen LogP contribution in [0.2, 0.25) is 0 Å². The van der Waals surface area contributed by atoms with E-state index in [-0.39, 0.29) is 24.1 Å². The maximum atomic E-state index is 12.3. The van der Waals surface area contributed by atoms with Gasteiger partial charge in [-0.15, -0.1) is 0 Å². The second-order valence-corrected chi connectivity index (χ2v) is 4.55. The molecule has 5 heteroatoms. The van der Waals surface area contributed by atoms with E-state index in [1.165, 1.54) is 24.3 Å². The Morgan fingerprint density at radius 3 is 2.11 bits per heavy atom. The van der Waals surface area contributed by atoms with Gasteiger partial charge >= 0.3 is 5.97 Å². The first-order valence-corrected chi connectivity index (χ1v) is 6.22. The average Bonchev–Trinajstić information content (AvgIpc) is 2.38. The Morgan fingerprint density at radius 2 is 1.68 bits per heavy atom. The van der Waals surface area contributed by atoms with Crippen molar-refractivity contribution in [1.82, 2.24) is 4.90 Å². The highest BCUT2D eigenvalue weighted by atomic mass is 16.4. The molecule has 19 heavy (non-hydrogen) atoms. The minimum Gasteiger partial charge on any atom is -0.478 e. The van der Waals surface area contributed by atoms with E-state index in [0.717, 1.165) is 0 Å². The fraction of sp³-hybridized carbons (Fsp3) is 0.429. The van der Waals surface area contributed by atoms with Gasteiger partial charge in [0.1, 0.15) is 0 Å². The molecule has 0 atom stereocenters. The fourth-order valence-corrected chi connectivity index (χ4v) is 1.76. The molecule has 5 nitrogen and oxygen atoms in total. The number of carboxylic acid groups (broad SMARTS) is 1. The van der Waals surface area contributed by atoms with E-state index in [0.29, 0.717) is 18.5 Å². The molecule has 0 bridgehead atoms. The molecule has 0 fully saturated rings. The molecule has 1 amide bonds. The van der Waals surface area contributed by atoms with E-state index >= 15 is 0 Å². The SMILES string of the molecule is CC(C)N(CCCO)C(=O)c1ccc(C(=O)O)cc1. The minimum absolute atomic E-state index is 0.0261. The Labute approximate surface area is 112 Å². The van der Waals surface area contributed by atoms with Gasteiger partial charge in [0.15, 0.2) is 0 Å². The highest BCUT2D eigenvalue weighted by Gasteiger charge is 2.18. The maximum Gasteiger partial charge on any atom is 0.335 e. The van der Waals surface area contributed by atoms with Gasteiger partial charge in [-0.25, -0.2) is 4.79 Å². The Kier molecular flexibility index (Phi) is 5.51. The first kappa shape index (κ1) is 15.2. The molecule has 0 radical (unpaired) electrons. The quantitative estimate of drug-likeness (QED) is 0.819. The van der Waals surface area contributed by atoms with Crippen LogP contribution >= 0.6 is 0 Å². The lowest BCUT2D eigenvalue weighted by Gasteiger charge is -2.26. The number of nitrogens with zero attached hydrogens (tertiary/aromatic N) is 1. The van der Waals surface area contributed by atoms with Crippen LogP contribution in [0.15, 0.2) is 24.3 Å². The number of benzene rings is 1. The van der Waals surface area contributed by atoms with E-state index in [2.05, 4.69) is 0 Å². The predicted molar refractivity (Wildman–Crippen MR) is 71.3 cm³/mol. The number of carboxylic acids is 1. The summed E-state index contributed by atoms with van der Waals surface area (Å²) in [7, 11) is 0. The van der Waals surface area contributed by atoms with Crippen molar-refractivity contribution in [1.29, 1.82) is 0 Å². The summed E-state index contributed by atoms with van der Waals surface area (Å²) in [5.74, 6) is -1.17. The average molecular weight is 265 g/mol. The molecular weight excluding hydrogens is 246 g/mol. The molecule has 0 saturated heterocycles. The smallest absolute Gasteiger partial charge is 0.335 e. The standard InChI is InChI=1S/C14H19NO4/c1-10(2)15(8-3-9-16)13(17)11-4-6-12(7-5-11)14(18)19/h4-7,10,16H,3,8-9H2,1-2H3,(H,18,19). The highest BCUT2D eigenvalue weighted by molar-refractivity contribution is 5.96. The third-order valence-corrected chi connectivity index (χ3v) is 2.82. The lowest BCUT2D eigenvalue weighted by atomic mass is 10.1. The number of hydrogen-bond donors (Lipinski definition) is 2. The van der Waals surface area contributed by atoms with Crippen molar-refractivity contribution in [2.24, 2.45) is 0 Å². The molecule has 0 heterocycles. The van der Waals surface area contributed by atoms with Crippen molar-refractivity contribution >= 4 is 11.9 Å². The zero-order valence-electron chi connectivity index (χ0n) is 11.2. The molecule has 0 unspecified atom stereocenters. The molecule has 2 N–H and O–H groups in total. The summed E-state index contributed by atoms with van der Waals surface area (Å²) >= 11 is 0. The first-order valence-electron chi connectivity index (χ1n) is 6.22. The van der Waals surface area contributed by atoms with Crippen LogP contribution in [0.5, 0.6) is 0 Å². The van der Waals surface area contributed by atoms with Crippen LogP contribution in [-0.2, 0) is 0 Å². The summed E-state index contributed by atoms with van der Waals surface area (Å²) in [4.78, 5) is 24.7. The van der Waals surface area contributed by atoms with Crippen LogP contribution < -0.4 is 0 Å². The third kappa shape index (κ3) is 4.06. The van der Waals surface area contributed by atoms with Gasteiger partial charge in [0.25, 0.3) is 5.91 Å². The minimum atomic E-state index is -1.01. The molecule has 0 aliphatic carbocycles. The summed E-state index contributed by atoms with van der Waals surface area (Å²) in [5.41, 5.74) is 0.611. The summed E-state index contributed by atoms with van der Waals surface area (Å²) in [6.45, 7) is 4.32. The van der Waals surface area contributed by atoms with Gasteiger partial charge in [-0.1, -0.05) is 0 Å². The Balaban J connectivity index is 2.87. The van der Waals surface area contributed by atoms with Crippen molar-refractivity contribution in [3.8, 4) is 0 Å². The van der Waals surface area contributed by atoms with Crippen molar-refractivity contribution in [3.63, 3.8) is 0 Å². The number of aromatic carboxylic acids is 1. The van der Waals surface area contributed by atoms with Crippen LogP contribution in [0.4, 0.5) is 0 Å². The van der Waals surface area contributed by atoms with Gasteiger partial charge in [0, 0.05) is 24.8 Å². The van der Waals surface area contributed by atoms with Crippen LogP contribution in [0.25, 0.3) is 0 Å². The van der Waals surface area contributed by atoms with E-state index in [1.54, 1.807) is 4.90 Å². The first-order chi connectivity index (χ1) is 8.97. The van der Waals surface area contributed by atoms with Crippen molar-refractivity contribution < 1.29 is 19.8 Å². The normalized spacial score (nSPS) is 10.5. The fourth-order valence-electron chi connectivity index (χ4n) is 1.76. The number of amides is 1. The van der Waals surface area contributed by atoms with E-state index in [1.807, 2.05) is 13.8 Å². The lowest BCUT2D eigenvalue weighted by molar-refractivity contribution is 0.0680. The van der Waals surface area contributed by atoms with Crippen LogP contribution in [0.3, 0.4) is 0 Å². The molecule has 1 aromatic rings. The Hall–Kier alpha value is -1.88. The Bertz CT molecular complexity index is 439. The molecule has 104 valence electrons. The molecular formula is C14H19NO4. The second-order valence-electron chi connectivity index (χ2n) is 4.55. The summed E-state index contributed by atoms with van der Waals surface area (Å²) in [5, 5.41) is 17.6. The van der Waals surface area contributed by atoms with Gasteiger partial charge in [-0.3, -0.25) is 4.79 Å². The largest absolute Gasteiger partial charge is 0.478 e. The molecule has 0 aliphatic rings. The number of carbonyl (C=O) groups is 2. The molecule has 0 aromatic heterocycles. The van der Waals surface area contributed by atoms with E-state index < -0.39 is 5.97 Å². The molecule has 0 saturated carbocycles. The lowest BCUT2D eigenvalue weighted by Crippen LogP contribution is -2.38.